The minimum Gasteiger partial charge on any atom is -0.321 e. The van der Waals surface area contributed by atoms with Crippen LogP contribution in [0.4, 0.5) is 0 Å². The number of rotatable bonds is 2. The first-order chi connectivity index (χ1) is 9.24. The van der Waals surface area contributed by atoms with Crippen LogP contribution in [0.5, 0.6) is 0 Å². The Kier molecular flexibility index (Phi) is 3.66. The smallest absolute Gasteiger partial charge is 0.0441 e. The molecule has 1 saturated carbocycles. The Morgan fingerprint density at radius 1 is 1.21 bits per heavy atom. The van der Waals surface area contributed by atoms with E-state index in [2.05, 4.69) is 31.2 Å². The zero-order valence-electron chi connectivity index (χ0n) is 12.2. The number of hydrogen-bond donors (Lipinski definition) is 1. The molecule has 19 heavy (non-hydrogen) atoms. The lowest BCUT2D eigenvalue weighted by molar-refractivity contribution is 0.144. The van der Waals surface area contributed by atoms with Gasteiger partial charge in [-0.25, -0.2) is 0 Å². The summed E-state index contributed by atoms with van der Waals surface area (Å²) in [4.78, 5) is 0. The topological polar surface area (TPSA) is 26.0 Å². The van der Waals surface area contributed by atoms with Crippen LogP contribution in [0, 0.1) is 11.8 Å². The van der Waals surface area contributed by atoms with Gasteiger partial charge in [0.2, 0.25) is 0 Å². The maximum atomic E-state index is 6.96. The first-order valence-corrected chi connectivity index (χ1v) is 8.11. The molecule has 0 aromatic heterocycles. The van der Waals surface area contributed by atoms with Crippen LogP contribution in [0.15, 0.2) is 24.3 Å². The molecule has 0 spiro atoms. The second kappa shape index (κ2) is 5.28. The van der Waals surface area contributed by atoms with Gasteiger partial charge in [0.15, 0.2) is 0 Å². The van der Waals surface area contributed by atoms with Crippen molar-refractivity contribution in [1.29, 1.82) is 0 Å². The molecule has 0 amide bonds. The standard InChI is InChI=1S/C18H27N/c1-2-14-7-5-10-16(13-14)18(19)12-6-9-15-8-3-4-11-17(15)18/h3-4,8,11,14,16H,2,5-7,9-10,12-13,19H2,1H3. The summed E-state index contributed by atoms with van der Waals surface area (Å²) >= 11 is 0. The summed E-state index contributed by atoms with van der Waals surface area (Å²) in [5.41, 5.74) is 9.89. The number of hydrogen-bond acceptors (Lipinski definition) is 1. The SMILES string of the molecule is CCC1CCCC(C2(N)CCCc3ccccc32)C1. The van der Waals surface area contributed by atoms with E-state index in [-0.39, 0.29) is 5.54 Å². The van der Waals surface area contributed by atoms with Gasteiger partial charge < -0.3 is 5.73 Å². The van der Waals surface area contributed by atoms with Gasteiger partial charge in [-0.05, 0) is 55.1 Å². The van der Waals surface area contributed by atoms with E-state index in [0.29, 0.717) is 5.92 Å². The molecule has 0 heterocycles. The van der Waals surface area contributed by atoms with E-state index in [0.717, 1.165) is 5.92 Å². The van der Waals surface area contributed by atoms with Crippen molar-refractivity contribution in [1.82, 2.24) is 0 Å². The van der Waals surface area contributed by atoms with Crippen LogP contribution in [-0.4, -0.2) is 0 Å². The van der Waals surface area contributed by atoms with Crippen LogP contribution >= 0.6 is 0 Å². The Labute approximate surface area is 117 Å². The predicted octanol–water partition coefficient (Wildman–Crippen LogP) is 4.39. The molecule has 1 aromatic rings. The zero-order valence-corrected chi connectivity index (χ0v) is 12.2. The average Bonchev–Trinajstić information content (AvgIpc) is 2.48. The molecule has 0 radical (unpaired) electrons. The third-order valence-corrected chi connectivity index (χ3v) is 5.64. The second-order valence-electron chi connectivity index (χ2n) is 6.69. The molecule has 2 N–H and O–H groups in total. The van der Waals surface area contributed by atoms with Crippen molar-refractivity contribution in [2.75, 3.05) is 0 Å². The minimum atomic E-state index is -0.0390. The Balaban J connectivity index is 1.91. The Morgan fingerprint density at radius 2 is 2.05 bits per heavy atom. The van der Waals surface area contributed by atoms with Gasteiger partial charge in [-0.1, -0.05) is 50.5 Å². The lowest BCUT2D eigenvalue weighted by atomic mass is 9.63. The van der Waals surface area contributed by atoms with Gasteiger partial charge in [-0.3, -0.25) is 0 Å². The third kappa shape index (κ3) is 2.33. The lowest BCUT2D eigenvalue weighted by Gasteiger charge is -2.45. The summed E-state index contributed by atoms with van der Waals surface area (Å²) in [5.74, 6) is 1.61. The molecule has 0 saturated heterocycles. The predicted molar refractivity (Wildman–Crippen MR) is 81.0 cm³/mol. The van der Waals surface area contributed by atoms with Gasteiger partial charge in [-0.15, -0.1) is 0 Å². The maximum Gasteiger partial charge on any atom is 0.0441 e. The van der Waals surface area contributed by atoms with Crippen molar-refractivity contribution in [2.45, 2.75) is 63.8 Å². The fourth-order valence-electron chi connectivity index (χ4n) is 4.45. The van der Waals surface area contributed by atoms with E-state index in [1.54, 1.807) is 0 Å². The normalized spacial score (nSPS) is 34.8. The highest BCUT2D eigenvalue weighted by Crippen LogP contribution is 2.46. The maximum absolute atomic E-state index is 6.96. The quantitative estimate of drug-likeness (QED) is 0.835. The molecule has 104 valence electrons. The Hall–Kier alpha value is -0.820. The lowest BCUT2D eigenvalue weighted by Crippen LogP contribution is -2.48. The molecular formula is C18H27N. The summed E-state index contributed by atoms with van der Waals surface area (Å²) in [6.45, 7) is 2.34. The summed E-state index contributed by atoms with van der Waals surface area (Å²) in [7, 11) is 0. The number of nitrogens with two attached hydrogens (primary N) is 1. The van der Waals surface area contributed by atoms with Gasteiger partial charge in [0.25, 0.3) is 0 Å². The van der Waals surface area contributed by atoms with Crippen LogP contribution < -0.4 is 5.73 Å². The van der Waals surface area contributed by atoms with E-state index in [1.165, 1.54) is 62.5 Å². The molecular weight excluding hydrogens is 230 g/mol. The second-order valence-corrected chi connectivity index (χ2v) is 6.69. The molecule has 1 heteroatoms. The van der Waals surface area contributed by atoms with Gasteiger partial charge in [-0.2, -0.15) is 0 Å². The summed E-state index contributed by atoms with van der Waals surface area (Å²) in [6.07, 6.45) is 10.5. The van der Waals surface area contributed by atoms with Gasteiger partial charge in [0.1, 0.15) is 0 Å². The molecule has 2 aliphatic carbocycles. The average molecular weight is 257 g/mol. The molecule has 0 bridgehead atoms. The number of benzene rings is 1. The van der Waals surface area contributed by atoms with Crippen molar-refractivity contribution in [3.8, 4) is 0 Å². The van der Waals surface area contributed by atoms with E-state index >= 15 is 0 Å². The zero-order chi connectivity index (χ0) is 13.3. The number of fused-ring (bicyclic) bond motifs is 1. The molecule has 1 aromatic carbocycles. The third-order valence-electron chi connectivity index (χ3n) is 5.64. The van der Waals surface area contributed by atoms with Crippen molar-refractivity contribution < 1.29 is 0 Å². The summed E-state index contributed by atoms with van der Waals surface area (Å²) in [5, 5.41) is 0. The largest absolute Gasteiger partial charge is 0.321 e. The molecule has 3 atom stereocenters. The molecule has 1 nitrogen and oxygen atoms in total. The van der Waals surface area contributed by atoms with Gasteiger partial charge in [0, 0.05) is 5.54 Å². The highest BCUT2D eigenvalue weighted by molar-refractivity contribution is 5.36. The van der Waals surface area contributed by atoms with E-state index in [4.69, 9.17) is 5.73 Å². The van der Waals surface area contributed by atoms with Crippen LogP contribution in [0.25, 0.3) is 0 Å². The fraction of sp³-hybridized carbons (Fsp3) is 0.667. The summed E-state index contributed by atoms with van der Waals surface area (Å²) < 4.78 is 0. The van der Waals surface area contributed by atoms with Crippen LogP contribution in [0.1, 0.15) is 63.0 Å². The molecule has 2 aliphatic rings. The van der Waals surface area contributed by atoms with Crippen molar-refractivity contribution in [3.63, 3.8) is 0 Å². The van der Waals surface area contributed by atoms with Gasteiger partial charge >= 0.3 is 0 Å². The van der Waals surface area contributed by atoms with Crippen LogP contribution in [-0.2, 0) is 12.0 Å². The Bertz CT molecular complexity index is 439. The fourth-order valence-corrected chi connectivity index (χ4v) is 4.45. The first-order valence-electron chi connectivity index (χ1n) is 8.11. The highest BCUT2D eigenvalue weighted by Gasteiger charge is 2.41. The minimum absolute atomic E-state index is 0.0390. The monoisotopic (exact) mass is 257 g/mol. The summed E-state index contributed by atoms with van der Waals surface area (Å²) in [6, 6.07) is 8.92. The molecule has 1 fully saturated rings. The molecule has 3 rings (SSSR count). The highest BCUT2D eigenvalue weighted by atomic mass is 14.8. The van der Waals surface area contributed by atoms with E-state index in [1.807, 2.05) is 0 Å². The number of aryl methyl sites for hydroxylation is 1. The van der Waals surface area contributed by atoms with E-state index < -0.39 is 0 Å². The van der Waals surface area contributed by atoms with Crippen LogP contribution in [0.3, 0.4) is 0 Å². The Morgan fingerprint density at radius 3 is 2.89 bits per heavy atom. The van der Waals surface area contributed by atoms with Gasteiger partial charge in [0.05, 0.1) is 0 Å². The van der Waals surface area contributed by atoms with Crippen molar-refractivity contribution >= 4 is 0 Å². The first kappa shape index (κ1) is 13.2. The van der Waals surface area contributed by atoms with Crippen LogP contribution in [0.2, 0.25) is 0 Å². The van der Waals surface area contributed by atoms with Crippen molar-refractivity contribution in [2.24, 2.45) is 17.6 Å². The van der Waals surface area contributed by atoms with Crippen molar-refractivity contribution in [3.05, 3.63) is 35.4 Å². The van der Waals surface area contributed by atoms with E-state index in [9.17, 15) is 0 Å². The molecule has 0 aliphatic heterocycles. The molecule has 3 unspecified atom stereocenters.